The number of hydrogen-bond donors (Lipinski definition) is 0. The predicted molar refractivity (Wildman–Crippen MR) is 108 cm³/mol. The quantitative estimate of drug-likeness (QED) is 0.430. The fourth-order valence-corrected chi connectivity index (χ4v) is 3.68. The van der Waals surface area contributed by atoms with Crippen LogP contribution < -0.4 is 0 Å². The van der Waals surface area contributed by atoms with Gasteiger partial charge in [-0.1, -0.05) is 67.8 Å². The highest BCUT2D eigenvalue weighted by atomic mass is 35.5. The van der Waals surface area contributed by atoms with Gasteiger partial charge in [0.2, 0.25) is 0 Å². The molecule has 27 heavy (non-hydrogen) atoms. The minimum Gasteiger partial charge on any atom is -0.228 e. The predicted octanol–water partition coefficient (Wildman–Crippen LogP) is 5.26. The highest BCUT2D eigenvalue weighted by Gasteiger charge is 2.20. The lowest BCUT2D eigenvalue weighted by molar-refractivity contribution is 0.718. The molecule has 0 saturated carbocycles. The fraction of sp³-hybridized carbons (Fsp3) is 0.238. The smallest absolute Gasteiger partial charge is 0.165 e. The van der Waals surface area contributed by atoms with Crippen molar-refractivity contribution in [1.82, 2.24) is 25.2 Å². The van der Waals surface area contributed by atoms with Crippen molar-refractivity contribution in [3.05, 3.63) is 65.4 Å². The number of unbranched alkanes of at least 4 members (excludes halogenated alkanes) is 2. The first-order chi connectivity index (χ1) is 13.3. The number of rotatable bonds is 6. The minimum absolute atomic E-state index is 0.695. The van der Waals surface area contributed by atoms with Crippen LogP contribution in [0.15, 0.2) is 54.9 Å². The molecule has 0 radical (unpaired) electrons. The Kier molecular flexibility index (Phi) is 5.12. The summed E-state index contributed by atoms with van der Waals surface area (Å²) >= 11 is 6.59. The number of nitrogens with zero attached hydrogens (tertiary/aromatic N) is 5. The van der Waals surface area contributed by atoms with E-state index in [0.29, 0.717) is 10.8 Å². The highest BCUT2D eigenvalue weighted by molar-refractivity contribution is 6.33. The third kappa shape index (κ3) is 3.43. The molecular formula is C21H20ClN5. The molecule has 4 rings (SSSR count). The largest absolute Gasteiger partial charge is 0.228 e. The van der Waals surface area contributed by atoms with Gasteiger partial charge in [0.1, 0.15) is 6.33 Å². The second-order valence-corrected chi connectivity index (χ2v) is 6.90. The van der Waals surface area contributed by atoms with E-state index in [1.165, 1.54) is 18.4 Å². The Morgan fingerprint density at radius 3 is 2.59 bits per heavy atom. The number of hydrogen-bond acceptors (Lipinski definition) is 4. The topological polar surface area (TPSA) is 56.5 Å². The maximum Gasteiger partial charge on any atom is 0.165 e. The number of aryl methyl sites for hydroxylation is 1. The van der Waals surface area contributed by atoms with Crippen molar-refractivity contribution < 1.29 is 0 Å². The van der Waals surface area contributed by atoms with Gasteiger partial charge in [0.05, 0.1) is 5.52 Å². The Labute approximate surface area is 163 Å². The number of tetrazole rings is 1. The van der Waals surface area contributed by atoms with Gasteiger partial charge >= 0.3 is 0 Å². The van der Waals surface area contributed by atoms with E-state index in [4.69, 9.17) is 16.6 Å². The number of benzene rings is 2. The van der Waals surface area contributed by atoms with Crippen molar-refractivity contribution in [3.8, 4) is 16.9 Å². The van der Waals surface area contributed by atoms with Gasteiger partial charge in [-0.3, -0.25) is 0 Å². The van der Waals surface area contributed by atoms with Crippen LogP contribution in [0.1, 0.15) is 31.7 Å². The molecule has 0 bridgehead atoms. The molecule has 2 aromatic heterocycles. The zero-order valence-corrected chi connectivity index (χ0v) is 15.9. The van der Waals surface area contributed by atoms with Gasteiger partial charge in [0.15, 0.2) is 5.82 Å². The van der Waals surface area contributed by atoms with Crippen molar-refractivity contribution in [1.29, 1.82) is 0 Å². The second kappa shape index (κ2) is 7.84. The maximum atomic E-state index is 6.59. The Bertz CT molecular complexity index is 1060. The maximum absolute atomic E-state index is 6.59. The summed E-state index contributed by atoms with van der Waals surface area (Å²) < 4.78 is 1.62. The molecule has 0 aliphatic rings. The summed E-state index contributed by atoms with van der Waals surface area (Å²) in [5, 5.41) is 13.5. The monoisotopic (exact) mass is 377 g/mol. The zero-order chi connectivity index (χ0) is 18.6. The third-order valence-corrected chi connectivity index (χ3v) is 5.05. The molecule has 0 amide bonds. The van der Waals surface area contributed by atoms with E-state index in [1.54, 1.807) is 11.0 Å². The minimum atomic E-state index is 0.695. The second-order valence-electron chi connectivity index (χ2n) is 6.50. The first kappa shape index (κ1) is 17.6. The molecule has 0 saturated heterocycles. The standard InChI is InChI=1S/C21H20ClN5/c1-2-3-4-10-16-15-9-6-8-13-19(15)24-21(27-14-23-25-26-27)20(16)17-11-5-7-12-18(17)22/h5-9,11-14H,2-4,10H2,1H3. The van der Waals surface area contributed by atoms with Crippen molar-refractivity contribution in [2.45, 2.75) is 32.6 Å². The van der Waals surface area contributed by atoms with E-state index in [9.17, 15) is 0 Å². The van der Waals surface area contributed by atoms with Crippen molar-refractivity contribution in [2.24, 2.45) is 0 Å². The summed E-state index contributed by atoms with van der Waals surface area (Å²) in [6, 6.07) is 16.1. The van der Waals surface area contributed by atoms with Crippen LogP contribution in [0, 0.1) is 0 Å². The molecule has 0 fully saturated rings. The molecule has 0 spiro atoms. The molecule has 136 valence electrons. The summed E-state index contributed by atoms with van der Waals surface area (Å²) in [6.07, 6.45) is 5.99. The van der Waals surface area contributed by atoms with E-state index in [-0.39, 0.29) is 0 Å². The first-order valence-electron chi connectivity index (χ1n) is 9.19. The van der Waals surface area contributed by atoms with E-state index in [2.05, 4.69) is 34.6 Å². The fourth-order valence-electron chi connectivity index (χ4n) is 3.45. The van der Waals surface area contributed by atoms with Crippen LogP contribution in [0.5, 0.6) is 0 Å². The van der Waals surface area contributed by atoms with Gasteiger partial charge in [-0.25, -0.2) is 4.98 Å². The average Bonchev–Trinajstić information content (AvgIpc) is 3.23. The van der Waals surface area contributed by atoms with Crippen LogP contribution in [-0.2, 0) is 6.42 Å². The van der Waals surface area contributed by atoms with Crippen LogP contribution >= 0.6 is 11.6 Å². The lowest BCUT2D eigenvalue weighted by Gasteiger charge is -2.18. The van der Waals surface area contributed by atoms with Crippen molar-refractivity contribution in [3.63, 3.8) is 0 Å². The molecule has 0 aliphatic carbocycles. The number of fused-ring (bicyclic) bond motifs is 1. The molecule has 0 atom stereocenters. The van der Waals surface area contributed by atoms with E-state index < -0.39 is 0 Å². The summed E-state index contributed by atoms with van der Waals surface area (Å²) in [5.74, 6) is 0.707. The number of halogens is 1. The van der Waals surface area contributed by atoms with Gasteiger partial charge < -0.3 is 0 Å². The van der Waals surface area contributed by atoms with Gasteiger partial charge in [-0.05, 0) is 41.0 Å². The molecule has 5 nitrogen and oxygen atoms in total. The van der Waals surface area contributed by atoms with Crippen LogP contribution in [0.4, 0.5) is 0 Å². The Hall–Kier alpha value is -2.79. The molecule has 0 N–H and O–H groups in total. The average molecular weight is 378 g/mol. The van der Waals surface area contributed by atoms with Crippen LogP contribution in [0.2, 0.25) is 5.02 Å². The number of pyridine rings is 1. The van der Waals surface area contributed by atoms with Gasteiger partial charge in [-0.2, -0.15) is 4.68 Å². The summed E-state index contributed by atoms with van der Waals surface area (Å²) in [7, 11) is 0. The molecule has 4 aromatic rings. The number of aromatic nitrogens is 5. The SMILES string of the molecule is CCCCCc1c(-c2ccccc2Cl)c(-n2cnnn2)nc2ccccc12. The lowest BCUT2D eigenvalue weighted by atomic mass is 9.92. The van der Waals surface area contributed by atoms with Gasteiger partial charge in [0.25, 0.3) is 0 Å². The number of para-hydroxylation sites is 1. The summed E-state index contributed by atoms with van der Waals surface area (Å²) in [6.45, 7) is 2.21. The Morgan fingerprint density at radius 1 is 1.00 bits per heavy atom. The van der Waals surface area contributed by atoms with Crippen LogP contribution in [-0.4, -0.2) is 25.2 Å². The molecule has 2 heterocycles. The zero-order valence-electron chi connectivity index (χ0n) is 15.1. The highest BCUT2D eigenvalue weighted by Crippen LogP contribution is 2.38. The van der Waals surface area contributed by atoms with E-state index in [0.717, 1.165) is 34.9 Å². The van der Waals surface area contributed by atoms with Gasteiger partial charge in [-0.15, -0.1) is 5.10 Å². The van der Waals surface area contributed by atoms with Crippen LogP contribution in [0.25, 0.3) is 27.8 Å². The summed E-state index contributed by atoms with van der Waals surface area (Å²) in [4.78, 5) is 4.89. The molecule has 0 aliphatic heterocycles. The van der Waals surface area contributed by atoms with E-state index in [1.807, 2.05) is 36.4 Å². The normalized spacial score (nSPS) is 11.2. The molecule has 0 unspecified atom stereocenters. The van der Waals surface area contributed by atoms with Crippen molar-refractivity contribution >= 4 is 22.5 Å². The summed E-state index contributed by atoms with van der Waals surface area (Å²) in [5.41, 5.74) is 4.13. The molecule has 2 aromatic carbocycles. The molecule has 6 heteroatoms. The first-order valence-corrected chi connectivity index (χ1v) is 9.57. The van der Waals surface area contributed by atoms with Crippen LogP contribution in [0.3, 0.4) is 0 Å². The van der Waals surface area contributed by atoms with Crippen molar-refractivity contribution in [2.75, 3.05) is 0 Å². The third-order valence-electron chi connectivity index (χ3n) is 4.72. The lowest BCUT2D eigenvalue weighted by Crippen LogP contribution is -2.06. The molecular weight excluding hydrogens is 358 g/mol. The van der Waals surface area contributed by atoms with E-state index >= 15 is 0 Å². The van der Waals surface area contributed by atoms with Gasteiger partial charge in [0, 0.05) is 21.5 Å². The Morgan fingerprint density at radius 2 is 1.81 bits per heavy atom. The Balaban J connectivity index is 2.05.